The molecule has 1 atom stereocenters. The minimum absolute atomic E-state index is 0. The molecule has 1 unspecified atom stereocenters. The predicted octanol–water partition coefficient (Wildman–Crippen LogP) is -0.878. The molecule has 0 bridgehead atoms. The van der Waals surface area contributed by atoms with Gasteiger partial charge in [0, 0.05) is 19.5 Å². The van der Waals surface area contributed by atoms with Crippen molar-refractivity contribution in [2.45, 2.75) is 33.6 Å². The monoisotopic (exact) mass is 474 g/mol. The van der Waals surface area contributed by atoms with Crippen LogP contribution in [0, 0.1) is 6.92 Å². The minimum Gasteiger partial charge on any atom is -0.746 e. The Morgan fingerprint density at radius 3 is 2.53 bits per heavy atom. The number of phenolic OH excluding ortho intramolecular Hbond substituents is 1. The molecule has 3 aromatic rings. The number of amides is 1. The quantitative estimate of drug-likeness (QED) is 0.285. The number of nitrogens with one attached hydrogen (secondary N) is 1. The molecule has 14 heteroatoms. The van der Waals surface area contributed by atoms with E-state index in [4.69, 9.17) is 13.9 Å². The molecule has 1 aromatic carbocycles. The third kappa shape index (κ3) is 5.58. The van der Waals surface area contributed by atoms with Gasteiger partial charge in [-0.3, -0.25) is 9.36 Å². The summed E-state index contributed by atoms with van der Waals surface area (Å²) >= 11 is 0. The average molecular weight is 474 g/mol. The van der Waals surface area contributed by atoms with Gasteiger partial charge >= 0.3 is 37.4 Å². The summed E-state index contributed by atoms with van der Waals surface area (Å²) in [5.74, 6) is -1.32. The van der Waals surface area contributed by atoms with Crippen molar-refractivity contribution in [2.24, 2.45) is 0 Å². The van der Waals surface area contributed by atoms with E-state index in [9.17, 15) is 19.4 Å². The molecule has 0 aliphatic heterocycles. The van der Waals surface area contributed by atoms with Crippen molar-refractivity contribution in [3.63, 3.8) is 0 Å². The van der Waals surface area contributed by atoms with Crippen LogP contribution in [0.1, 0.15) is 48.6 Å². The molecular formula is C18H20N4NaO8P. The SMILES string of the molecule is CCNC(=O)c1noc(-c2cc(C(C)C)c(OP(=O)([O-])O)cc2O)c1-c1noc(C)n1.[Na+]. The summed E-state index contributed by atoms with van der Waals surface area (Å²) in [6.45, 7) is 7.12. The van der Waals surface area contributed by atoms with Gasteiger partial charge < -0.3 is 33.8 Å². The number of rotatable bonds is 7. The van der Waals surface area contributed by atoms with E-state index >= 15 is 0 Å². The van der Waals surface area contributed by atoms with E-state index in [-0.39, 0.29) is 75.5 Å². The number of aromatic nitrogens is 3. The maximum Gasteiger partial charge on any atom is 1.00 e. The first-order valence-corrected chi connectivity index (χ1v) is 10.7. The average Bonchev–Trinajstić information content (AvgIpc) is 3.26. The van der Waals surface area contributed by atoms with Crippen molar-refractivity contribution in [3.8, 4) is 34.2 Å². The zero-order chi connectivity index (χ0) is 22.9. The molecule has 32 heavy (non-hydrogen) atoms. The molecule has 2 heterocycles. The van der Waals surface area contributed by atoms with Gasteiger partial charge in [-0.2, -0.15) is 4.98 Å². The Hall–Kier alpha value is -2.21. The molecule has 166 valence electrons. The van der Waals surface area contributed by atoms with E-state index in [1.165, 1.54) is 6.07 Å². The van der Waals surface area contributed by atoms with Crippen molar-refractivity contribution in [2.75, 3.05) is 6.54 Å². The van der Waals surface area contributed by atoms with Gasteiger partial charge in [-0.1, -0.05) is 24.2 Å². The van der Waals surface area contributed by atoms with Crippen LogP contribution in [0.5, 0.6) is 11.5 Å². The van der Waals surface area contributed by atoms with Gasteiger partial charge in [0.05, 0.1) is 5.56 Å². The molecule has 0 radical (unpaired) electrons. The summed E-state index contributed by atoms with van der Waals surface area (Å²) < 4.78 is 26.2. The number of hydrogen-bond donors (Lipinski definition) is 3. The number of phenols is 1. The molecule has 12 nitrogen and oxygen atoms in total. The largest absolute Gasteiger partial charge is 1.00 e. The summed E-state index contributed by atoms with van der Waals surface area (Å²) in [5.41, 5.74) is 0.375. The molecule has 2 aromatic heterocycles. The Kier molecular flexibility index (Phi) is 8.27. The number of benzene rings is 1. The molecule has 0 saturated carbocycles. The standard InChI is InChI=1S/C18H21N4O8P.Na/c1-5-19-18(24)15-14(17-20-9(4)28-22-17)16(29-21-15)11-6-10(8(2)3)13(7-12(11)23)30-31(25,26)27;/h6-8,23H,5H2,1-4H3,(H,19,24)(H2,25,26,27);/q;+1/p-1. The first-order chi connectivity index (χ1) is 14.5. The Bertz CT molecular complexity index is 1170. The van der Waals surface area contributed by atoms with Gasteiger partial charge in [0.2, 0.25) is 11.7 Å². The normalized spacial score (nSPS) is 12.8. The third-order valence-electron chi connectivity index (χ3n) is 4.20. The summed E-state index contributed by atoms with van der Waals surface area (Å²) in [5, 5.41) is 20.8. The van der Waals surface area contributed by atoms with E-state index in [0.29, 0.717) is 12.1 Å². The predicted molar refractivity (Wildman–Crippen MR) is 104 cm³/mol. The molecule has 0 fully saturated rings. The smallest absolute Gasteiger partial charge is 0.746 e. The van der Waals surface area contributed by atoms with Crippen LogP contribution in [-0.2, 0) is 4.57 Å². The van der Waals surface area contributed by atoms with Gasteiger partial charge in [0.1, 0.15) is 17.1 Å². The number of carbonyl (C=O) groups is 1. The van der Waals surface area contributed by atoms with Crippen molar-refractivity contribution in [1.82, 2.24) is 20.6 Å². The van der Waals surface area contributed by atoms with Crippen molar-refractivity contribution in [3.05, 3.63) is 29.3 Å². The van der Waals surface area contributed by atoms with E-state index in [2.05, 4.69) is 25.1 Å². The topological polar surface area (TPSA) is 184 Å². The molecule has 1 amide bonds. The number of phosphoric acid groups is 1. The van der Waals surface area contributed by atoms with Gasteiger partial charge in [-0.05, 0) is 24.5 Å². The number of aryl methyl sites for hydroxylation is 1. The molecule has 3 rings (SSSR count). The summed E-state index contributed by atoms with van der Waals surface area (Å²) in [6.07, 6.45) is 0. The van der Waals surface area contributed by atoms with Gasteiger partial charge in [0.25, 0.3) is 5.91 Å². The second kappa shape index (κ2) is 10.2. The first-order valence-electron chi connectivity index (χ1n) is 9.21. The van der Waals surface area contributed by atoms with Crippen LogP contribution in [0.3, 0.4) is 0 Å². The number of carbonyl (C=O) groups excluding carboxylic acids is 1. The van der Waals surface area contributed by atoms with Crippen molar-refractivity contribution < 1.29 is 67.4 Å². The third-order valence-corrected chi connectivity index (χ3v) is 4.63. The molecule has 0 spiro atoms. The zero-order valence-corrected chi connectivity index (χ0v) is 21.0. The molecule has 0 aliphatic rings. The Balaban J connectivity index is 0.00000363. The number of nitrogens with zero attached hydrogens (tertiary/aromatic N) is 3. The molecular weight excluding hydrogens is 454 g/mol. The summed E-state index contributed by atoms with van der Waals surface area (Å²) in [7, 11) is -5.11. The van der Waals surface area contributed by atoms with E-state index in [0.717, 1.165) is 6.07 Å². The summed E-state index contributed by atoms with van der Waals surface area (Å²) in [4.78, 5) is 36.8. The van der Waals surface area contributed by atoms with Crippen LogP contribution in [0.2, 0.25) is 0 Å². The van der Waals surface area contributed by atoms with Crippen molar-refractivity contribution in [1.29, 1.82) is 0 Å². The van der Waals surface area contributed by atoms with Crippen LogP contribution in [0.25, 0.3) is 22.7 Å². The molecule has 0 aliphatic carbocycles. The first kappa shape index (κ1) is 26.0. The maximum absolute atomic E-state index is 12.5. The maximum atomic E-state index is 12.5. The minimum atomic E-state index is -5.11. The van der Waals surface area contributed by atoms with E-state index < -0.39 is 19.5 Å². The van der Waals surface area contributed by atoms with Crippen LogP contribution in [-0.4, -0.2) is 37.7 Å². The number of phosphoric ester groups is 1. The fourth-order valence-corrected chi connectivity index (χ4v) is 3.31. The van der Waals surface area contributed by atoms with Crippen LogP contribution in [0.15, 0.2) is 21.2 Å². The second-order valence-electron chi connectivity index (χ2n) is 6.85. The van der Waals surface area contributed by atoms with E-state index in [1.807, 2.05) is 0 Å². The van der Waals surface area contributed by atoms with Crippen LogP contribution >= 0.6 is 7.82 Å². The van der Waals surface area contributed by atoms with Crippen LogP contribution in [0.4, 0.5) is 0 Å². The Morgan fingerprint density at radius 2 is 2.00 bits per heavy atom. The van der Waals surface area contributed by atoms with Gasteiger partial charge in [-0.25, -0.2) is 0 Å². The van der Waals surface area contributed by atoms with Crippen molar-refractivity contribution >= 4 is 13.7 Å². The second-order valence-corrected chi connectivity index (χ2v) is 7.97. The van der Waals surface area contributed by atoms with Crippen LogP contribution < -0.4 is 44.3 Å². The fourth-order valence-electron chi connectivity index (χ4n) is 2.90. The van der Waals surface area contributed by atoms with Gasteiger partial charge in [0.15, 0.2) is 11.5 Å². The number of aromatic hydroxyl groups is 1. The fraction of sp³-hybridized carbons (Fsp3) is 0.333. The zero-order valence-electron chi connectivity index (χ0n) is 18.1. The van der Waals surface area contributed by atoms with Gasteiger partial charge in [-0.15, -0.1) is 0 Å². The van der Waals surface area contributed by atoms with E-state index in [1.54, 1.807) is 27.7 Å². The Morgan fingerprint density at radius 1 is 1.31 bits per heavy atom. The number of hydrogen-bond acceptors (Lipinski definition) is 10. The molecule has 0 saturated heterocycles. The summed E-state index contributed by atoms with van der Waals surface area (Å²) in [6, 6.07) is 2.43. The molecule has 3 N–H and O–H groups in total. The Labute approximate surface area is 204 Å².